The van der Waals surface area contributed by atoms with Crippen LogP contribution in [0.15, 0.2) is 12.1 Å². The molecule has 1 aromatic rings. The van der Waals surface area contributed by atoms with Crippen LogP contribution in [0.25, 0.3) is 0 Å². The summed E-state index contributed by atoms with van der Waals surface area (Å²) in [7, 11) is 1.43. The van der Waals surface area contributed by atoms with Crippen LogP contribution < -0.4 is 14.4 Å². The Morgan fingerprint density at radius 2 is 2.25 bits per heavy atom. The van der Waals surface area contributed by atoms with Gasteiger partial charge in [-0.3, -0.25) is 9.69 Å². The Morgan fingerprint density at radius 3 is 2.80 bits per heavy atom. The summed E-state index contributed by atoms with van der Waals surface area (Å²) in [6.45, 7) is 0.903. The Kier molecular flexibility index (Phi) is 3.80. The number of carbonyl (C=O) groups is 2. The highest BCUT2D eigenvalue weighted by molar-refractivity contribution is 6.03. The predicted molar refractivity (Wildman–Crippen MR) is 69.0 cm³/mol. The zero-order valence-electron chi connectivity index (χ0n) is 11.1. The van der Waals surface area contributed by atoms with E-state index in [9.17, 15) is 14.7 Å². The fraction of sp³-hybridized carbons (Fsp3) is 0.385. The largest absolute Gasteiger partial charge is 0.493 e. The molecular weight excluding hydrogens is 266 g/mol. The number of aliphatic hydroxyl groups is 1. The molecule has 0 radical (unpaired) electrons. The van der Waals surface area contributed by atoms with E-state index in [0.717, 1.165) is 4.90 Å². The van der Waals surface area contributed by atoms with Gasteiger partial charge in [0.15, 0.2) is 18.1 Å². The number of carboxylic acid groups (broad SMARTS) is 1. The Labute approximate surface area is 115 Å². The lowest BCUT2D eigenvalue weighted by Gasteiger charge is -2.33. The number of methoxy groups -OCH3 is 1. The first kappa shape index (κ1) is 14.1. The maximum absolute atomic E-state index is 11.9. The Balaban J connectivity index is 2.59. The van der Waals surface area contributed by atoms with Gasteiger partial charge in [0.2, 0.25) is 0 Å². The number of amides is 1. The highest BCUT2D eigenvalue weighted by Crippen LogP contribution is 2.42. The van der Waals surface area contributed by atoms with Crippen molar-refractivity contribution in [1.29, 1.82) is 0 Å². The van der Waals surface area contributed by atoms with Gasteiger partial charge < -0.3 is 19.7 Å². The molecule has 1 aromatic carbocycles. The third kappa shape index (κ3) is 2.27. The second-order valence-electron chi connectivity index (χ2n) is 4.37. The number of aliphatic carboxylic acids is 1. The number of carbonyl (C=O) groups excluding carboxylic acids is 1. The number of carboxylic acids is 1. The van der Waals surface area contributed by atoms with Crippen molar-refractivity contribution < 1.29 is 29.3 Å². The Bertz CT molecular complexity index is 556. The summed E-state index contributed by atoms with van der Waals surface area (Å²) in [5, 5.41) is 18.4. The van der Waals surface area contributed by atoms with E-state index in [2.05, 4.69) is 0 Å². The summed E-state index contributed by atoms with van der Waals surface area (Å²) in [6.07, 6.45) is 0. The van der Waals surface area contributed by atoms with Crippen LogP contribution in [-0.4, -0.2) is 41.8 Å². The minimum absolute atomic E-state index is 0.251. The molecule has 7 heteroatoms. The second-order valence-corrected chi connectivity index (χ2v) is 4.37. The highest BCUT2D eigenvalue weighted by atomic mass is 16.5. The minimum atomic E-state index is -1.13. The molecule has 7 nitrogen and oxygen atoms in total. The van der Waals surface area contributed by atoms with Crippen LogP contribution in [0.1, 0.15) is 12.5 Å². The van der Waals surface area contributed by atoms with E-state index in [-0.39, 0.29) is 13.2 Å². The van der Waals surface area contributed by atoms with Gasteiger partial charge in [-0.1, -0.05) is 0 Å². The van der Waals surface area contributed by atoms with Crippen molar-refractivity contribution in [3.63, 3.8) is 0 Å². The molecule has 2 rings (SSSR count). The van der Waals surface area contributed by atoms with Crippen LogP contribution in [0.3, 0.4) is 0 Å². The number of hydrogen-bond donors (Lipinski definition) is 2. The van der Waals surface area contributed by atoms with E-state index >= 15 is 0 Å². The van der Waals surface area contributed by atoms with Gasteiger partial charge in [-0.05, 0) is 24.6 Å². The summed E-state index contributed by atoms with van der Waals surface area (Å²) >= 11 is 0. The number of aliphatic hydroxyl groups excluding tert-OH is 1. The molecular formula is C13H15NO6. The van der Waals surface area contributed by atoms with Crippen molar-refractivity contribution in [2.45, 2.75) is 19.6 Å². The molecule has 0 bridgehead atoms. The van der Waals surface area contributed by atoms with Crippen molar-refractivity contribution in [2.24, 2.45) is 0 Å². The van der Waals surface area contributed by atoms with E-state index in [4.69, 9.17) is 14.6 Å². The highest BCUT2D eigenvalue weighted by Gasteiger charge is 2.34. The molecule has 108 valence electrons. The van der Waals surface area contributed by atoms with Crippen molar-refractivity contribution in [3.05, 3.63) is 17.7 Å². The quantitative estimate of drug-likeness (QED) is 0.828. The molecule has 0 aromatic heterocycles. The number of hydrogen-bond acceptors (Lipinski definition) is 5. The number of rotatable bonds is 4. The molecule has 1 heterocycles. The molecule has 20 heavy (non-hydrogen) atoms. The van der Waals surface area contributed by atoms with E-state index in [1.54, 1.807) is 6.07 Å². The van der Waals surface area contributed by atoms with Gasteiger partial charge in [0.25, 0.3) is 5.91 Å². The maximum atomic E-state index is 11.9. The van der Waals surface area contributed by atoms with Gasteiger partial charge in [-0.15, -0.1) is 0 Å². The van der Waals surface area contributed by atoms with Gasteiger partial charge in [0.1, 0.15) is 6.04 Å². The standard InChI is InChI=1S/C13H15NO6/c1-7(13(17)18)14-9-3-8(5-15)4-10(19-2)12(9)20-6-11(14)16/h3-4,7,15H,5-6H2,1-2H3,(H,17,18). The van der Waals surface area contributed by atoms with Crippen LogP contribution in [0.5, 0.6) is 11.5 Å². The van der Waals surface area contributed by atoms with Crippen LogP contribution in [0.4, 0.5) is 5.69 Å². The third-order valence-electron chi connectivity index (χ3n) is 3.11. The number of benzene rings is 1. The van der Waals surface area contributed by atoms with Crippen LogP contribution in [-0.2, 0) is 16.2 Å². The number of anilines is 1. The van der Waals surface area contributed by atoms with Gasteiger partial charge in [-0.2, -0.15) is 0 Å². The van der Waals surface area contributed by atoms with Gasteiger partial charge >= 0.3 is 5.97 Å². The molecule has 2 N–H and O–H groups in total. The fourth-order valence-corrected chi connectivity index (χ4v) is 2.08. The number of ether oxygens (including phenoxy) is 2. The summed E-state index contributed by atoms with van der Waals surface area (Å²) in [6, 6.07) is 2.07. The molecule has 0 aliphatic carbocycles. The van der Waals surface area contributed by atoms with Gasteiger partial charge in [-0.25, -0.2) is 4.79 Å². The van der Waals surface area contributed by atoms with Gasteiger partial charge in [0.05, 0.1) is 19.4 Å². The summed E-state index contributed by atoms with van der Waals surface area (Å²) < 4.78 is 10.5. The summed E-state index contributed by atoms with van der Waals surface area (Å²) in [5.74, 6) is -0.928. The minimum Gasteiger partial charge on any atom is -0.493 e. The maximum Gasteiger partial charge on any atom is 0.326 e. The molecule has 1 amide bonds. The average molecular weight is 281 g/mol. The van der Waals surface area contributed by atoms with Crippen LogP contribution in [0, 0.1) is 0 Å². The lowest BCUT2D eigenvalue weighted by molar-refractivity contribution is -0.140. The zero-order chi connectivity index (χ0) is 14.9. The van der Waals surface area contributed by atoms with E-state index in [1.807, 2.05) is 0 Å². The van der Waals surface area contributed by atoms with Crippen molar-refractivity contribution in [2.75, 3.05) is 18.6 Å². The second kappa shape index (κ2) is 5.38. The lowest BCUT2D eigenvalue weighted by atomic mass is 10.1. The van der Waals surface area contributed by atoms with Crippen LogP contribution >= 0.6 is 0 Å². The monoisotopic (exact) mass is 281 g/mol. The Morgan fingerprint density at radius 1 is 1.55 bits per heavy atom. The Hall–Kier alpha value is -2.28. The first-order valence-corrected chi connectivity index (χ1v) is 5.99. The summed E-state index contributed by atoms with van der Waals surface area (Å²) in [5.41, 5.74) is 0.793. The molecule has 1 atom stereocenters. The van der Waals surface area contributed by atoms with E-state index in [1.165, 1.54) is 20.1 Å². The SMILES string of the molecule is COc1cc(CO)cc2c1OCC(=O)N2C(C)C(=O)O. The van der Waals surface area contributed by atoms with Crippen molar-refractivity contribution in [3.8, 4) is 11.5 Å². The number of nitrogens with zero attached hydrogens (tertiary/aromatic N) is 1. The van der Waals surface area contributed by atoms with Crippen LogP contribution in [0.2, 0.25) is 0 Å². The molecule has 0 spiro atoms. The first-order valence-electron chi connectivity index (χ1n) is 5.99. The normalized spacial score (nSPS) is 15.3. The topological polar surface area (TPSA) is 96.3 Å². The van der Waals surface area contributed by atoms with Crippen molar-refractivity contribution in [1.82, 2.24) is 0 Å². The predicted octanol–water partition coefficient (Wildman–Crippen LogP) is 0.386. The molecule has 0 fully saturated rings. The zero-order valence-corrected chi connectivity index (χ0v) is 11.1. The molecule has 1 aliphatic heterocycles. The average Bonchev–Trinajstić information content (AvgIpc) is 2.44. The molecule has 0 saturated carbocycles. The number of fused-ring (bicyclic) bond motifs is 1. The van der Waals surface area contributed by atoms with E-state index < -0.39 is 17.9 Å². The molecule has 1 aliphatic rings. The molecule has 1 unspecified atom stereocenters. The van der Waals surface area contributed by atoms with Gasteiger partial charge in [0, 0.05) is 0 Å². The van der Waals surface area contributed by atoms with E-state index in [0.29, 0.717) is 22.7 Å². The fourth-order valence-electron chi connectivity index (χ4n) is 2.08. The first-order chi connectivity index (χ1) is 9.49. The summed E-state index contributed by atoms with van der Waals surface area (Å²) in [4.78, 5) is 24.2. The smallest absolute Gasteiger partial charge is 0.326 e. The van der Waals surface area contributed by atoms with Crippen molar-refractivity contribution >= 4 is 17.6 Å². The lowest BCUT2D eigenvalue weighted by Crippen LogP contribution is -2.48. The molecule has 0 saturated heterocycles. The third-order valence-corrected chi connectivity index (χ3v) is 3.11.